The molecule has 2 N–H and O–H groups in total. The topological polar surface area (TPSA) is 42.9 Å². The molecule has 2 rings (SSSR count). The normalized spacial score (nSPS) is 23.7. The van der Waals surface area contributed by atoms with E-state index in [9.17, 15) is 0 Å². The minimum absolute atomic E-state index is 0.315. The molecule has 5 nitrogen and oxygen atoms in total. The number of aliphatic imine (C=N–C) groups is 1. The van der Waals surface area contributed by atoms with Crippen LogP contribution in [0.2, 0.25) is 0 Å². The van der Waals surface area contributed by atoms with Gasteiger partial charge in [-0.2, -0.15) is 0 Å². The van der Waals surface area contributed by atoms with Gasteiger partial charge in [-0.25, -0.2) is 0 Å². The third-order valence-corrected chi connectivity index (χ3v) is 5.58. The molecule has 2 heterocycles. The summed E-state index contributed by atoms with van der Waals surface area (Å²) < 4.78 is 0. The summed E-state index contributed by atoms with van der Waals surface area (Å²) in [6.45, 7) is 9.21. The molecule has 2 aliphatic rings. The van der Waals surface area contributed by atoms with Crippen LogP contribution in [0.3, 0.4) is 0 Å². The van der Waals surface area contributed by atoms with Crippen LogP contribution in [0.4, 0.5) is 0 Å². The molecule has 0 aromatic heterocycles. The zero-order valence-corrected chi connectivity index (χ0v) is 15.5. The Morgan fingerprint density at radius 2 is 1.74 bits per heavy atom. The first-order chi connectivity index (χ1) is 11.2. The number of nitrogens with zero attached hydrogens (tertiary/aromatic N) is 3. The summed E-state index contributed by atoms with van der Waals surface area (Å²) in [6.07, 6.45) is 9.07. The average molecular weight is 324 g/mol. The highest BCUT2D eigenvalue weighted by Gasteiger charge is 2.39. The molecule has 0 bridgehead atoms. The standard InChI is InChI=1S/C18H37N5/c1-4-5-11-20-17(19-2)21-16-18(9-14-22(3)15-10-18)23-12-7-6-8-13-23/h4-16H2,1-3H3,(H2,19,20,21). The fraction of sp³-hybridized carbons (Fsp3) is 0.944. The zero-order valence-electron chi connectivity index (χ0n) is 15.5. The second kappa shape index (κ2) is 9.48. The van der Waals surface area contributed by atoms with Crippen molar-refractivity contribution >= 4 is 5.96 Å². The van der Waals surface area contributed by atoms with Gasteiger partial charge in [0.1, 0.15) is 0 Å². The Morgan fingerprint density at radius 1 is 1.04 bits per heavy atom. The Balaban J connectivity index is 1.94. The van der Waals surface area contributed by atoms with Crippen LogP contribution in [0.15, 0.2) is 4.99 Å². The first-order valence-corrected chi connectivity index (χ1v) is 9.58. The zero-order chi connectivity index (χ0) is 16.5. The van der Waals surface area contributed by atoms with E-state index in [1.54, 1.807) is 0 Å². The maximum Gasteiger partial charge on any atom is 0.191 e. The van der Waals surface area contributed by atoms with Crippen molar-refractivity contribution in [1.29, 1.82) is 0 Å². The lowest BCUT2D eigenvalue weighted by molar-refractivity contribution is 0.0173. The van der Waals surface area contributed by atoms with Crippen LogP contribution in [0.1, 0.15) is 51.9 Å². The molecule has 0 spiro atoms. The van der Waals surface area contributed by atoms with Crippen molar-refractivity contribution < 1.29 is 0 Å². The quantitative estimate of drug-likeness (QED) is 0.445. The number of hydrogen-bond acceptors (Lipinski definition) is 3. The minimum Gasteiger partial charge on any atom is -0.356 e. The molecule has 0 aliphatic carbocycles. The van der Waals surface area contributed by atoms with E-state index in [-0.39, 0.29) is 0 Å². The van der Waals surface area contributed by atoms with Gasteiger partial charge in [-0.1, -0.05) is 19.8 Å². The molecule has 2 aliphatic heterocycles. The van der Waals surface area contributed by atoms with E-state index in [1.165, 1.54) is 71.1 Å². The number of piperidine rings is 2. The van der Waals surface area contributed by atoms with Crippen molar-refractivity contribution in [3.8, 4) is 0 Å². The summed E-state index contributed by atoms with van der Waals surface area (Å²) in [6, 6.07) is 0. The third-order valence-electron chi connectivity index (χ3n) is 5.58. The average Bonchev–Trinajstić information content (AvgIpc) is 2.60. The Labute approximate surface area is 142 Å². The SMILES string of the molecule is CCCCNC(=NC)NCC1(N2CCCCC2)CCN(C)CC1. The number of unbranched alkanes of at least 4 members (excludes halogenated alkanes) is 1. The Bertz CT molecular complexity index is 354. The number of hydrogen-bond donors (Lipinski definition) is 2. The Morgan fingerprint density at radius 3 is 2.35 bits per heavy atom. The van der Waals surface area contributed by atoms with Crippen LogP contribution in [0.5, 0.6) is 0 Å². The number of guanidine groups is 1. The molecule has 0 aromatic rings. The molecule has 2 fully saturated rings. The predicted octanol–water partition coefficient (Wildman–Crippen LogP) is 1.90. The molecule has 0 amide bonds. The second-order valence-corrected chi connectivity index (χ2v) is 7.28. The molecule has 0 aromatic carbocycles. The summed E-state index contributed by atoms with van der Waals surface area (Å²) in [4.78, 5) is 9.64. The van der Waals surface area contributed by atoms with E-state index in [0.717, 1.165) is 19.0 Å². The molecular weight excluding hydrogens is 286 g/mol. The van der Waals surface area contributed by atoms with E-state index in [1.807, 2.05) is 7.05 Å². The van der Waals surface area contributed by atoms with Crippen LogP contribution >= 0.6 is 0 Å². The van der Waals surface area contributed by atoms with E-state index >= 15 is 0 Å². The molecule has 5 heteroatoms. The van der Waals surface area contributed by atoms with Gasteiger partial charge in [-0.05, 0) is 65.3 Å². The van der Waals surface area contributed by atoms with Crippen molar-refractivity contribution in [3.05, 3.63) is 0 Å². The van der Waals surface area contributed by atoms with Gasteiger partial charge < -0.3 is 15.5 Å². The summed E-state index contributed by atoms with van der Waals surface area (Å²) in [5.41, 5.74) is 0.315. The van der Waals surface area contributed by atoms with E-state index in [4.69, 9.17) is 0 Å². The van der Waals surface area contributed by atoms with Gasteiger partial charge in [0.05, 0.1) is 0 Å². The maximum absolute atomic E-state index is 4.40. The van der Waals surface area contributed by atoms with Gasteiger partial charge in [0.15, 0.2) is 5.96 Å². The Kier molecular flexibility index (Phi) is 7.63. The van der Waals surface area contributed by atoms with Crippen molar-refractivity contribution in [1.82, 2.24) is 20.4 Å². The lowest BCUT2D eigenvalue weighted by Gasteiger charge is -2.50. The van der Waals surface area contributed by atoms with Gasteiger partial charge >= 0.3 is 0 Å². The molecule has 2 saturated heterocycles. The fourth-order valence-corrected chi connectivity index (χ4v) is 3.86. The highest BCUT2D eigenvalue weighted by atomic mass is 15.3. The molecule has 0 unspecified atom stereocenters. The predicted molar refractivity (Wildman–Crippen MR) is 99.2 cm³/mol. The Hall–Kier alpha value is -0.810. The van der Waals surface area contributed by atoms with Crippen molar-refractivity contribution in [2.24, 2.45) is 4.99 Å². The highest BCUT2D eigenvalue weighted by molar-refractivity contribution is 5.79. The van der Waals surface area contributed by atoms with Crippen molar-refractivity contribution in [3.63, 3.8) is 0 Å². The molecule has 0 atom stereocenters. The first-order valence-electron chi connectivity index (χ1n) is 9.58. The summed E-state index contributed by atoms with van der Waals surface area (Å²) in [5, 5.41) is 7.08. The van der Waals surface area contributed by atoms with Gasteiger partial charge in [0.2, 0.25) is 0 Å². The third kappa shape index (κ3) is 5.35. The lowest BCUT2D eigenvalue weighted by Crippen LogP contribution is -2.62. The second-order valence-electron chi connectivity index (χ2n) is 7.28. The van der Waals surface area contributed by atoms with Gasteiger partial charge in [-0.3, -0.25) is 9.89 Å². The molecule has 23 heavy (non-hydrogen) atoms. The van der Waals surface area contributed by atoms with Crippen molar-refractivity contribution in [2.45, 2.75) is 57.4 Å². The minimum atomic E-state index is 0.315. The van der Waals surface area contributed by atoms with Crippen LogP contribution in [-0.4, -0.2) is 74.7 Å². The van der Waals surface area contributed by atoms with Gasteiger partial charge in [-0.15, -0.1) is 0 Å². The molecule has 0 radical (unpaired) electrons. The van der Waals surface area contributed by atoms with Crippen LogP contribution < -0.4 is 10.6 Å². The first kappa shape index (κ1) is 18.5. The summed E-state index contributed by atoms with van der Waals surface area (Å²) in [7, 11) is 4.13. The maximum atomic E-state index is 4.40. The summed E-state index contributed by atoms with van der Waals surface area (Å²) >= 11 is 0. The van der Waals surface area contributed by atoms with Crippen LogP contribution in [0, 0.1) is 0 Å². The van der Waals surface area contributed by atoms with E-state index in [2.05, 4.69) is 39.4 Å². The fourth-order valence-electron chi connectivity index (χ4n) is 3.86. The number of likely N-dealkylation sites (tertiary alicyclic amines) is 2. The van der Waals surface area contributed by atoms with Crippen LogP contribution in [-0.2, 0) is 0 Å². The number of nitrogens with one attached hydrogen (secondary N) is 2. The lowest BCUT2D eigenvalue weighted by atomic mass is 9.84. The highest BCUT2D eigenvalue weighted by Crippen LogP contribution is 2.30. The number of rotatable bonds is 6. The molecular formula is C18H37N5. The molecule has 134 valence electrons. The van der Waals surface area contributed by atoms with Crippen molar-refractivity contribution in [2.75, 3.05) is 53.4 Å². The monoisotopic (exact) mass is 323 g/mol. The largest absolute Gasteiger partial charge is 0.356 e. The van der Waals surface area contributed by atoms with Gasteiger partial charge in [0.25, 0.3) is 0 Å². The van der Waals surface area contributed by atoms with Gasteiger partial charge in [0, 0.05) is 25.7 Å². The van der Waals surface area contributed by atoms with E-state index in [0.29, 0.717) is 5.54 Å². The summed E-state index contributed by atoms with van der Waals surface area (Å²) in [5.74, 6) is 0.966. The van der Waals surface area contributed by atoms with Crippen LogP contribution in [0.25, 0.3) is 0 Å². The van der Waals surface area contributed by atoms with E-state index < -0.39 is 0 Å². The smallest absolute Gasteiger partial charge is 0.191 e. The molecule has 0 saturated carbocycles.